The fourth-order valence-electron chi connectivity index (χ4n) is 2.45. The van der Waals surface area contributed by atoms with Gasteiger partial charge in [-0.1, -0.05) is 11.6 Å². The molecule has 0 spiro atoms. The molecule has 4 nitrogen and oxygen atoms in total. The fraction of sp³-hybridized carbons (Fsp3) is 0.500. The summed E-state index contributed by atoms with van der Waals surface area (Å²) in [4.78, 5) is 4.64. The molecule has 0 saturated carbocycles. The number of benzene rings is 1. The average molecular weight is 281 g/mol. The Morgan fingerprint density at radius 3 is 2.63 bits per heavy atom. The Labute approximate surface area is 119 Å². The quantitative estimate of drug-likeness (QED) is 0.645. The highest BCUT2D eigenvalue weighted by atomic mass is 35.5. The number of nitrogens with two attached hydrogens (primary N) is 1. The van der Waals surface area contributed by atoms with Crippen LogP contribution >= 0.6 is 11.6 Å². The Morgan fingerprint density at radius 2 is 2.05 bits per heavy atom. The summed E-state index contributed by atoms with van der Waals surface area (Å²) in [5, 5.41) is 8.33. The zero-order valence-electron chi connectivity index (χ0n) is 11.7. The molecule has 1 aromatic carbocycles. The summed E-state index contributed by atoms with van der Waals surface area (Å²) in [6, 6.07) is 5.58. The Bertz CT molecular complexity index is 498. The number of hydrogen-bond donors (Lipinski definition) is 2. The van der Waals surface area contributed by atoms with Crippen LogP contribution in [-0.2, 0) is 0 Å². The molecule has 0 aromatic heterocycles. The molecule has 1 aliphatic heterocycles. The monoisotopic (exact) mass is 280 g/mol. The normalized spacial score (nSPS) is 19.5. The van der Waals surface area contributed by atoms with Gasteiger partial charge in [0.15, 0.2) is 0 Å². The lowest BCUT2D eigenvalue weighted by molar-refractivity contribution is 0.139. The summed E-state index contributed by atoms with van der Waals surface area (Å²) in [5.41, 5.74) is 7.49. The first-order valence-corrected chi connectivity index (χ1v) is 6.79. The van der Waals surface area contributed by atoms with Crippen LogP contribution in [-0.4, -0.2) is 43.0 Å². The van der Waals surface area contributed by atoms with E-state index in [2.05, 4.69) is 30.7 Å². The SMILES string of the molecule is CN1CCN(c2ccc(Cl)cc2C(=N)N)CC1(C)C. The summed E-state index contributed by atoms with van der Waals surface area (Å²) < 4.78 is 0. The molecule has 0 aliphatic carbocycles. The summed E-state index contributed by atoms with van der Waals surface area (Å²) in [5.74, 6) is 0.0641. The highest BCUT2D eigenvalue weighted by Gasteiger charge is 2.32. The number of amidine groups is 1. The molecule has 1 aliphatic rings. The molecule has 0 amide bonds. The van der Waals surface area contributed by atoms with Crippen molar-refractivity contribution in [1.29, 1.82) is 5.41 Å². The average Bonchev–Trinajstić information content (AvgIpc) is 2.32. The largest absolute Gasteiger partial charge is 0.384 e. The second-order valence-electron chi connectivity index (χ2n) is 5.73. The van der Waals surface area contributed by atoms with Crippen LogP contribution in [0.5, 0.6) is 0 Å². The Kier molecular flexibility index (Phi) is 3.74. The Morgan fingerprint density at radius 1 is 1.37 bits per heavy atom. The van der Waals surface area contributed by atoms with E-state index in [1.54, 1.807) is 6.07 Å². The third-order valence-corrected chi connectivity index (χ3v) is 4.14. The zero-order valence-corrected chi connectivity index (χ0v) is 12.5. The van der Waals surface area contributed by atoms with Gasteiger partial charge in [-0.05, 0) is 39.1 Å². The van der Waals surface area contributed by atoms with Gasteiger partial charge in [-0.3, -0.25) is 10.3 Å². The molecule has 0 atom stereocenters. The fourth-order valence-corrected chi connectivity index (χ4v) is 2.62. The van der Waals surface area contributed by atoms with Crippen molar-refractivity contribution in [3.63, 3.8) is 0 Å². The molecule has 0 bridgehead atoms. The van der Waals surface area contributed by atoms with Crippen molar-refractivity contribution in [2.24, 2.45) is 5.73 Å². The zero-order chi connectivity index (χ0) is 14.2. The van der Waals surface area contributed by atoms with E-state index < -0.39 is 0 Å². The van der Waals surface area contributed by atoms with Crippen LogP contribution in [0.3, 0.4) is 0 Å². The van der Waals surface area contributed by atoms with E-state index in [0.717, 1.165) is 25.3 Å². The minimum Gasteiger partial charge on any atom is -0.384 e. The molecule has 1 aromatic rings. The van der Waals surface area contributed by atoms with Crippen molar-refractivity contribution in [3.8, 4) is 0 Å². The molecule has 2 rings (SSSR count). The van der Waals surface area contributed by atoms with Crippen LogP contribution in [0, 0.1) is 5.41 Å². The number of anilines is 1. The summed E-state index contributed by atoms with van der Waals surface area (Å²) in [7, 11) is 2.14. The minimum absolute atomic E-state index is 0.0641. The van der Waals surface area contributed by atoms with Crippen molar-refractivity contribution < 1.29 is 0 Å². The molecule has 5 heteroatoms. The number of nitrogens with zero attached hydrogens (tertiary/aromatic N) is 2. The maximum Gasteiger partial charge on any atom is 0.124 e. The van der Waals surface area contributed by atoms with Gasteiger partial charge in [0.1, 0.15) is 5.84 Å². The number of likely N-dealkylation sites (N-methyl/N-ethyl adjacent to an activating group) is 1. The van der Waals surface area contributed by atoms with E-state index in [1.807, 2.05) is 12.1 Å². The molecule has 1 heterocycles. The Hall–Kier alpha value is -1.26. The summed E-state index contributed by atoms with van der Waals surface area (Å²) >= 11 is 6.00. The van der Waals surface area contributed by atoms with Crippen LogP contribution in [0.15, 0.2) is 18.2 Å². The van der Waals surface area contributed by atoms with Crippen molar-refractivity contribution in [3.05, 3.63) is 28.8 Å². The number of piperazine rings is 1. The van der Waals surface area contributed by atoms with Crippen LogP contribution < -0.4 is 10.6 Å². The van der Waals surface area contributed by atoms with E-state index in [4.69, 9.17) is 22.7 Å². The van der Waals surface area contributed by atoms with Gasteiger partial charge < -0.3 is 10.6 Å². The first-order valence-electron chi connectivity index (χ1n) is 6.41. The van der Waals surface area contributed by atoms with Crippen LogP contribution in [0.1, 0.15) is 19.4 Å². The van der Waals surface area contributed by atoms with E-state index >= 15 is 0 Å². The molecular formula is C14H21ClN4. The lowest BCUT2D eigenvalue weighted by atomic mass is 9.98. The molecule has 1 fully saturated rings. The highest BCUT2D eigenvalue weighted by Crippen LogP contribution is 2.28. The van der Waals surface area contributed by atoms with Crippen LogP contribution in [0.4, 0.5) is 5.69 Å². The van der Waals surface area contributed by atoms with Crippen molar-refractivity contribution >= 4 is 23.1 Å². The summed E-state index contributed by atoms with van der Waals surface area (Å²) in [6.07, 6.45) is 0. The lowest BCUT2D eigenvalue weighted by Crippen LogP contribution is -2.58. The predicted molar refractivity (Wildman–Crippen MR) is 81.4 cm³/mol. The van der Waals surface area contributed by atoms with E-state index in [9.17, 15) is 0 Å². The van der Waals surface area contributed by atoms with E-state index in [-0.39, 0.29) is 11.4 Å². The predicted octanol–water partition coefficient (Wildman–Crippen LogP) is 2.15. The first kappa shape index (κ1) is 14.2. The molecule has 0 unspecified atom stereocenters. The second kappa shape index (κ2) is 5.02. The first-order chi connectivity index (χ1) is 8.81. The van der Waals surface area contributed by atoms with Crippen LogP contribution in [0.25, 0.3) is 0 Å². The maximum atomic E-state index is 7.71. The van der Waals surface area contributed by atoms with Gasteiger partial charge >= 0.3 is 0 Å². The molecule has 1 saturated heterocycles. The van der Waals surface area contributed by atoms with Crippen molar-refractivity contribution in [2.75, 3.05) is 31.6 Å². The van der Waals surface area contributed by atoms with Gasteiger partial charge in [-0.15, -0.1) is 0 Å². The molecular weight excluding hydrogens is 260 g/mol. The molecule has 19 heavy (non-hydrogen) atoms. The minimum atomic E-state index is 0.0641. The van der Waals surface area contributed by atoms with E-state index in [0.29, 0.717) is 10.6 Å². The van der Waals surface area contributed by atoms with Crippen LogP contribution in [0.2, 0.25) is 5.02 Å². The van der Waals surface area contributed by atoms with Gasteiger partial charge in [0.25, 0.3) is 0 Å². The maximum absolute atomic E-state index is 7.71. The van der Waals surface area contributed by atoms with Gasteiger partial charge in [0, 0.05) is 41.4 Å². The number of nitrogen functional groups attached to an aromatic ring is 1. The van der Waals surface area contributed by atoms with Gasteiger partial charge in [-0.2, -0.15) is 0 Å². The third kappa shape index (κ3) is 2.85. The highest BCUT2D eigenvalue weighted by molar-refractivity contribution is 6.31. The van der Waals surface area contributed by atoms with Gasteiger partial charge in [0.05, 0.1) is 0 Å². The third-order valence-electron chi connectivity index (χ3n) is 3.91. The van der Waals surface area contributed by atoms with E-state index in [1.165, 1.54) is 0 Å². The number of rotatable bonds is 2. The topological polar surface area (TPSA) is 56.4 Å². The second-order valence-corrected chi connectivity index (χ2v) is 6.17. The smallest absolute Gasteiger partial charge is 0.124 e. The summed E-state index contributed by atoms with van der Waals surface area (Å²) in [6.45, 7) is 7.28. The molecule has 0 radical (unpaired) electrons. The number of nitrogens with one attached hydrogen (secondary N) is 1. The molecule has 104 valence electrons. The van der Waals surface area contributed by atoms with Crippen molar-refractivity contribution in [2.45, 2.75) is 19.4 Å². The lowest BCUT2D eigenvalue weighted by Gasteiger charge is -2.46. The number of halogens is 1. The molecule has 3 N–H and O–H groups in total. The standard InChI is InChI=1S/C14H21ClN4/c1-14(2)9-19(7-6-18(14)3)12-5-4-10(15)8-11(12)13(16)17/h4-5,8H,6-7,9H2,1-3H3,(H3,16,17). The van der Waals surface area contributed by atoms with Gasteiger partial charge in [-0.25, -0.2) is 0 Å². The Balaban J connectivity index is 2.35. The number of hydrogen-bond acceptors (Lipinski definition) is 3. The van der Waals surface area contributed by atoms with Crippen molar-refractivity contribution in [1.82, 2.24) is 4.90 Å². The van der Waals surface area contributed by atoms with Gasteiger partial charge in [0.2, 0.25) is 0 Å².